The number of imidazole rings is 1. The van der Waals surface area contributed by atoms with Gasteiger partial charge in [-0.25, -0.2) is 9.97 Å². The number of carbonyl (C=O) groups excluding carboxylic acids is 1. The zero-order chi connectivity index (χ0) is 28.9. The van der Waals surface area contributed by atoms with Crippen molar-refractivity contribution in [2.45, 2.75) is 25.9 Å². The number of aryl methyl sites for hydroxylation is 1. The average Bonchev–Trinajstić information content (AvgIpc) is 3.45. The van der Waals surface area contributed by atoms with Crippen LogP contribution in [0.4, 0.5) is 11.6 Å². The molecule has 0 radical (unpaired) electrons. The number of nitrogens with zero attached hydrogens (tertiary/aromatic N) is 8. The molecule has 5 rings (SSSR count). The Bertz CT molecular complexity index is 1730. The van der Waals surface area contributed by atoms with E-state index in [1.54, 1.807) is 42.4 Å². The highest BCUT2D eigenvalue weighted by Crippen LogP contribution is 2.45. The molecule has 0 fully saturated rings. The van der Waals surface area contributed by atoms with Crippen molar-refractivity contribution in [2.24, 2.45) is 7.05 Å². The van der Waals surface area contributed by atoms with Gasteiger partial charge in [0.2, 0.25) is 11.8 Å². The number of anilines is 2. The molecule has 204 valence electrons. The van der Waals surface area contributed by atoms with Crippen LogP contribution >= 0.6 is 11.6 Å². The largest absolute Gasteiger partial charge is 0.480 e. The van der Waals surface area contributed by atoms with Gasteiger partial charge in [-0.2, -0.15) is 10.2 Å². The zero-order valence-corrected chi connectivity index (χ0v) is 23.6. The summed E-state index contributed by atoms with van der Waals surface area (Å²) in [6.07, 6.45) is 3.12. The van der Waals surface area contributed by atoms with Gasteiger partial charge in [-0.15, -0.1) is 0 Å². The second-order valence-corrected chi connectivity index (χ2v) is 10.3. The van der Waals surface area contributed by atoms with Crippen LogP contribution in [0.3, 0.4) is 0 Å². The standard InChI is InChI=1S/C28H27ClN8O3/c1-15(2)36-23-21(32-24(36)19-13-31-28(34(3)4)33-25(19)40-6)27(39)37(20-11-18(29)14-35(5)26(20)38)22(23)17-9-7-16(12-30)8-10-17/h7-11,13-15,22H,1-6H3/t22-/m1/s1. The van der Waals surface area contributed by atoms with E-state index in [1.807, 2.05) is 32.5 Å². The first-order chi connectivity index (χ1) is 19.1. The molecular weight excluding hydrogens is 532 g/mol. The van der Waals surface area contributed by atoms with Gasteiger partial charge in [0.15, 0.2) is 5.69 Å². The van der Waals surface area contributed by atoms with Crippen molar-refractivity contribution < 1.29 is 9.53 Å². The molecule has 1 atom stereocenters. The molecule has 4 heterocycles. The summed E-state index contributed by atoms with van der Waals surface area (Å²) in [5, 5.41) is 9.67. The first-order valence-electron chi connectivity index (χ1n) is 12.5. The number of halogens is 1. The summed E-state index contributed by atoms with van der Waals surface area (Å²) in [7, 11) is 6.75. The van der Waals surface area contributed by atoms with Crippen LogP contribution in [0, 0.1) is 11.3 Å². The summed E-state index contributed by atoms with van der Waals surface area (Å²) < 4.78 is 8.89. The predicted molar refractivity (Wildman–Crippen MR) is 151 cm³/mol. The number of hydrogen-bond acceptors (Lipinski definition) is 8. The van der Waals surface area contributed by atoms with Gasteiger partial charge in [0, 0.05) is 39.6 Å². The normalized spacial score (nSPS) is 14.4. The molecule has 1 aliphatic rings. The summed E-state index contributed by atoms with van der Waals surface area (Å²) in [6, 6.07) is 9.65. The number of methoxy groups -OCH3 is 1. The maximum atomic E-state index is 14.1. The number of amides is 1. The molecule has 12 heteroatoms. The third-order valence-corrected chi connectivity index (χ3v) is 6.93. The predicted octanol–water partition coefficient (Wildman–Crippen LogP) is 3.97. The van der Waals surface area contributed by atoms with E-state index >= 15 is 0 Å². The Hall–Kier alpha value is -4.69. The molecule has 0 spiro atoms. The Morgan fingerprint density at radius 3 is 2.45 bits per heavy atom. The van der Waals surface area contributed by atoms with Crippen LogP contribution < -0.4 is 20.1 Å². The molecule has 1 aromatic carbocycles. The van der Waals surface area contributed by atoms with Crippen LogP contribution in [-0.2, 0) is 7.05 Å². The molecular formula is C28H27ClN8O3. The first kappa shape index (κ1) is 26.9. The van der Waals surface area contributed by atoms with Gasteiger partial charge in [0.05, 0.1) is 35.0 Å². The Kier molecular flexibility index (Phi) is 6.81. The van der Waals surface area contributed by atoms with Crippen LogP contribution in [0.15, 0.2) is 47.5 Å². The smallest absolute Gasteiger partial charge is 0.279 e. The number of aromatic nitrogens is 5. The minimum Gasteiger partial charge on any atom is -0.480 e. The molecule has 1 amide bonds. The number of pyridine rings is 1. The number of hydrogen-bond donors (Lipinski definition) is 0. The van der Waals surface area contributed by atoms with E-state index in [1.165, 1.54) is 28.8 Å². The lowest BCUT2D eigenvalue weighted by atomic mass is 10.0. The van der Waals surface area contributed by atoms with Crippen LogP contribution in [0.5, 0.6) is 5.88 Å². The summed E-state index contributed by atoms with van der Waals surface area (Å²) in [5.41, 5.74) is 2.23. The zero-order valence-electron chi connectivity index (χ0n) is 22.9. The van der Waals surface area contributed by atoms with E-state index < -0.39 is 11.9 Å². The molecule has 0 bridgehead atoms. The highest BCUT2D eigenvalue weighted by Gasteiger charge is 2.46. The van der Waals surface area contributed by atoms with E-state index in [4.69, 9.17) is 21.3 Å². The van der Waals surface area contributed by atoms with Crippen molar-refractivity contribution in [3.05, 3.63) is 80.6 Å². The lowest BCUT2D eigenvalue weighted by Crippen LogP contribution is -2.36. The average molecular weight is 559 g/mol. The van der Waals surface area contributed by atoms with Gasteiger partial charge < -0.3 is 18.8 Å². The summed E-state index contributed by atoms with van der Waals surface area (Å²) in [6.45, 7) is 3.96. The number of nitriles is 1. The first-order valence-corrected chi connectivity index (χ1v) is 12.9. The highest BCUT2D eigenvalue weighted by atomic mass is 35.5. The Morgan fingerprint density at radius 2 is 1.85 bits per heavy atom. The van der Waals surface area contributed by atoms with E-state index in [0.717, 1.165) is 0 Å². The van der Waals surface area contributed by atoms with Crippen LogP contribution in [0.1, 0.15) is 53.2 Å². The number of carbonyl (C=O) groups is 1. The second-order valence-electron chi connectivity index (χ2n) is 9.89. The molecule has 0 saturated carbocycles. The summed E-state index contributed by atoms with van der Waals surface area (Å²) >= 11 is 6.34. The van der Waals surface area contributed by atoms with Gasteiger partial charge in [0.25, 0.3) is 11.5 Å². The molecule has 0 N–H and O–H groups in total. The lowest BCUT2D eigenvalue weighted by Gasteiger charge is -2.28. The quantitative estimate of drug-likeness (QED) is 0.348. The second kappa shape index (κ2) is 10.1. The van der Waals surface area contributed by atoms with E-state index in [2.05, 4.69) is 16.0 Å². The Morgan fingerprint density at radius 1 is 1.15 bits per heavy atom. The van der Waals surface area contributed by atoms with E-state index in [9.17, 15) is 14.9 Å². The van der Waals surface area contributed by atoms with Crippen molar-refractivity contribution in [1.29, 1.82) is 5.26 Å². The summed E-state index contributed by atoms with van der Waals surface area (Å²) in [4.78, 5) is 44.4. The molecule has 0 unspecified atom stereocenters. The Labute approximate surface area is 235 Å². The maximum absolute atomic E-state index is 14.1. The summed E-state index contributed by atoms with van der Waals surface area (Å²) in [5.74, 6) is 0.791. The molecule has 11 nitrogen and oxygen atoms in total. The fourth-order valence-electron chi connectivity index (χ4n) is 4.93. The highest BCUT2D eigenvalue weighted by molar-refractivity contribution is 6.30. The SMILES string of the molecule is COc1nc(N(C)C)ncc1-c1nc2c(n1C(C)C)[C@@H](c1ccc(C#N)cc1)N(c1cc(Cl)cn(C)c1=O)C2=O. The van der Waals surface area contributed by atoms with Crippen LogP contribution in [0.2, 0.25) is 5.02 Å². The van der Waals surface area contributed by atoms with Crippen molar-refractivity contribution >= 4 is 29.1 Å². The third-order valence-electron chi connectivity index (χ3n) is 6.72. The number of ether oxygens (including phenoxy) is 1. The fourth-order valence-corrected chi connectivity index (χ4v) is 5.18. The van der Waals surface area contributed by atoms with Crippen LogP contribution in [0.25, 0.3) is 11.4 Å². The van der Waals surface area contributed by atoms with E-state index in [0.29, 0.717) is 45.1 Å². The van der Waals surface area contributed by atoms with Gasteiger partial charge >= 0.3 is 0 Å². The van der Waals surface area contributed by atoms with Crippen LogP contribution in [-0.4, -0.2) is 51.2 Å². The van der Waals surface area contributed by atoms with Gasteiger partial charge in [-0.1, -0.05) is 23.7 Å². The van der Waals surface area contributed by atoms with Crippen molar-refractivity contribution in [1.82, 2.24) is 24.1 Å². The molecule has 4 aromatic rings. The molecule has 3 aromatic heterocycles. The molecule has 1 aliphatic heterocycles. The fraction of sp³-hybridized carbons (Fsp3) is 0.286. The van der Waals surface area contributed by atoms with Crippen molar-refractivity contribution in [2.75, 3.05) is 31.0 Å². The maximum Gasteiger partial charge on any atom is 0.279 e. The Balaban J connectivity index is 1.80. The minimum atomic E-state index is -0.724. The van der Waals surface area contributed by atoms with E-state index in [-0.39, 0.29) is 23.0 Å². The lowest BCUT2D eigenvalue weighted by molar-refractivity contribution is 0.0989. The number of fused-ring (bicyclic) bond motifs is 1. The molecule has 0 aliphatic carbocycles. The van der Waals surface area contributed by atoms with Gasteiger partial charge in [-0.05, 0) is 37.6 Å². The molecule has 40 heavy (non-hydrogen) atoms. The van der Waals surface area contributed by atoms with Crippen molar-refractivity contribution in [3.63, 3.8) is 0 Å². The van der Waals surface area contributed by atoms with Crippen molar-refractivity contribution in [3.8, 4) is 23.3 Å². The van der Waals surface area contributed by atoms with Gasteiger partial charge in [-0.3, -0.25) is 14.5 Å². The topological polar surface area (TPSA) is 122 Å². The number of rotatable bonds is 6. The third kappa shape index (κ3) is 4.26. The minimum absolute atomic E-state index is 0.125. The van der Waals surface area contributed by atoms with Gasteiger partial charge in [0.1, 0.15) is 17.6 Å². The number of benzene rings is 1. The molecule has 0 saturated heterocycles. The monoisotopic (exact) mass is 558 g/mol.